The first-order chi connectivity index (χ1) is 7.86. The van der Waals surface area contributed by atoms with Gasteiger partial charge < -0.3 is 5.32 Å². The SMILES string of the molecule is C=C(CNCC1CCCC1)c1ccccc1. The predicted octanol–water partition coefficient (Wildman–Crippen LogP) is 3.48. The zero-order chi connectivity index (χ0) is 11.2. The van der Waals surface area contributed by atoms with Gasteiger partial charge in [0.1, 0.15) is 0 Å². The summed E-state index contributed by atoms with van der Waals surface area (Å²) in [5, 5.41) is 3.53. The van der Waals surface area contributed by atoms with Gasteiger partial charge in [-0.05, 0) is 36.4 Å². The zero-order valence-corrected chi connectivity index (χ0v) is 9.91. The molecule has 1 saturated carbocycles. The standard InChI is InChI=1S/C15H21N/c1-13(15-9-3-2-4-10-15)11-16-12-14-7-5-6-8-14/h2-4,9-10,14,16H,1,5-8,11-12H2. The summed E-state index contributed by atoms with van der Waals surface area (Å²) in [6.07, 6.45) is 5.66. The van der Waals surface area contributed by atoms with Crippen LogP contribution < -0.4 is 5.32 Å². The van der Waals surface area contributed by atoms with Gasteiger partial charge >= 0.3 is 0 Å². The van der Waals surface area contributed by atoms with Gasteiger partial charge in [-0.3, -0.25) is 0 Å². The van der Waals surface area contributed by atoms with Gasteiger partial charge in [-0.2, -0.15) is 0 Å². The lowest BCUT2D eigenvalue weighted by Gasteiger charge is -2.12. The molecule has 0 unspecified atom stereocenters. The summed E-state index contributed by atoms with van der Waals surface area (Å²) in [5.74, 6) is 0.906. The fourth-order valence-electron chi connectivity index (χ4n) is 2.42. The van der Waals surface area contributed by atoms with Crippen LogP contribution in [0.5, 0.6) is 0 Å². The predicted molar refractivity (Wildman–Crippen MR) is 70.3 cm³/mol. The first-order valence-electron chi connectivity index (χ1n) is 6.30. The van der Waals surface area contributed by atoms with Gasteiger partial charge in [0.05, 0.1) is 0 Å². The van der Waals surface area contributed by atoms with Crippen LogP contribution in [0.3, 0.4) is 0 Å². The Bertz CT molecular complexity index is 323. The van der Waals surface area contributed by atoms with E-state index in [0.717, 1.165) is 19.0 Å². The molecule has 16 heavy (non-hydrogen) atoms. The van der Waals surface area contributed by atoms with E-state index in [4.69, 9.17) is 0 Å². The van der Waals surface area contributed by atoms with Gasteiger partial charge in [-0.25, -0.2) is 0 Å². The highest BCUT2D eigenvalue weighted by Crippen LogP contribution is 2.23. The molecule has 0 atom stereocenters. The van der Waals surface area contributed by atoms with Crippen LogP contribution in [0.4, 0.5) is 0 Å². The monoisotopic (exact) mass is 215 g/mol. The molecule has 0 radical (unpaired) electrons. The Morgan fingerprint density at radius 1 is 1.19 bits per heavy atom. The molecule has 0 saturated heterocycles. The van der Waals surface area contributed by atoms with Crippen molar-refractivity contribution in [3.63, 3.8) is 0 Å². The molecule has 0 heterocycles. The Labute approximate surface area is 98.6 Å². The Balaban J connectivity index is 1.71. The average molecular weight is 215 g/mol. The smallest absolute Gasteiger partial charge is 0.0205 e. The van der Waals surface area contributed by atoms with E-state index in [2.05, 4.69) is 36.2 Å². The lowest BCUT2D eigenvalue weighted by atomic mass is 10.1. The van der Waals surface area contributed by atoms with Crippen LogP contribution in [0.2, 0.25) is 0 Å². The first-order valence-corrected chi connectivity index (χ1v) is 6.30. The second-order valence-electron chi connectivity index (χ2n) is 4.75. The second-order valence-corrected chi connectivity index (χ2v) is 4.75. The lowest BCUT2D eigenvalue weighted by molar-refractivity contribution is 0.507. The van der Waals surface area contributed by atoms with Crippen LogP contribution in [-0.4, -0.2) is 13.1 Å². The number of hydrogen-bond donors (Lipinski definition) is 1. The molecule has 1 nitrogen and oxygen atoms in total. The molecule has 0 aromatic heterocycles. The Hall–Kier alpha value is -1.08. The van der Waals surface area contributed by atoms with E-state index >= 15 is 0 Å². The molecule has 0 amide bonds. The van der Waals surface area contributed by atoms with Crippen molar-refractivity contribution in [2.45, 2.75) is 25.7 Å². The molecule has 1 N–H and O–H groups in total. The maximum atomic E-state index is 4.13. The number of rotatable bonds is 5. The van der Waals surface area contributed by atoms with Crippen LogP contribution in [-0.2, 0) is 0 Å². The fourth-order valence-corrected chi connectivity index (χ4v) is 2.42. The van der Waals surface area contributed by atoms with E-state index in [-0.39, 0.29) is 0 Å². The summed E-state index contributed by atoms with van der Waals surface area (Å²) >= 11 is 0. The fraction of sp³-hybridized carbons (Fsp3) is 0.467. The lowest BCUT2D eigenvalue weighted by Crippen LogP contribution is -2.22. The van der Waals surface area contributed by atoms with E-state index < -0.39 is 0 Å². The van der Waals surface area contributed by atoms with Gasteiger partial charge in [-0.1, -0.05) is 49.8 Å². The zero-order valence-electron chi connectivity index (χ0n) is 9.91. The number of hydrogen-bond acceptors (Lipinski definition) is 1. The van der Waals surface area contributed by atoms with Gasteiger partial charge in [0.25, 0.3) is 0 Å². The normalized spacial score (nSPS) is 16.5. The molecule has 0 spiro atoms. The molecule has 86 valence electrons. The third kappa shape index (κ3) is 3.21. The van der Waals surface area contributed by atoms with Crippen molar-refractivity contribution in [3.05, 3.63) is 42.5 Å². The van der Waals surface area contributed by atoms with Crippen molar-refractivity contribution in [2.75, 3.05) is 13.1 Å². The summed E-state index contributed by atoms with van der Waals surface area (Å²) in [7, 11) is 0. The van der Waals surface area contributed by atoms with Crippen molar-refractivity contribution in [3.8, 4) is 0 Å². The molecule has 0 bridgehead atoms. The molecule has 1 heteroatoms. The molecule has 0 aliphatic heterocycles. The minimum Gasteiger partial charge on any atom is -0.312 e. The maximum absolute atomic E-state index is 4.13. The summed E-state index contributed by atoms with van der Waals surface area (Å²) in [6.45, 7) is 6.20. The van der Waals surface area contributed by atoms with Gasteiger partial charge in [-0.15, -0.1) is 0 Å². The molecule has 1 fully saturated rings. The molecule has 1 aromatic rings. The van der Waals surface area contributed by atoms with E-state index in [0.29, 0.717) is 0 Å². The topological polar surface area (TPSA) is 12.0 Å². The van der Waals surface area contributed by atoms with Crippen molar-refractivity contribution < 1.29 is 0 Å². The van der Waals surface area contributed by atoms with Crippen LogP contribution in [0.25, 0.3) is 5.57 Å². The first kappa shape index (κ1) is 11.4. The van der Waals surface area contributed by atoms with E-state index in [9.17, 15) is 0 Å². The Morgan fingerprint density at radius 2 is 1.88 bits per heavy atom. The van der Waals surface area contributed by atoms with Crippen LogP contribution in [0.15, 0.2) is 36.9 Å². The van der Waals surface area contributed by atoms with Crippen LogP contribution in [0.1, 0.15) is 31.2 Å². The highest BCUT2D eigenvalue weighted by atomic mass is 14.9. The Kier molecular flexibility index (Phi) is 4.17. The van der Waals surface area contributed by atoms with Crippen molar-refractivity contribution >= 4 is 5.57 Å². The van der Waals surface area contributed by atoms with Crippen LogP contribution >= 0.6 is 0 Å². The molecule has 1 aromatic carbocycles. The minimum atomic E-state index is 0.906. The average Bonchev–Trinajstić information content (AvgIpc) is 2.83. The molecular weight excluding hydrogens is 194 g/mol. The molecule has 1 aliphatic carbocycles. The Morgan fingerprint density at radius 3 is 2.56 bits per heavy atom. The quantitative estimate of drug-likeness (QED) is 0.793. The van der Waals surface area contributed by atoms with E-state index in [1.807, 2.05) is 6.07 Å². The largest absolute Gasteiger partial charge is 0.312 e. The third-order valence-electron chi connectivity index (χ3n) is 3.43. The summed E-state index contributed by atoms with van der Waals surface area (Å²) in [5.41, 5.74) is 2.44. The van der Waals surface area contributed by atoms with Crippen molar-refractivity contribution in [2.24, 2.45) is 5.92 Å². The van der Waals surface area contributed by atoms with Crippen LogP contribution in [0, 0.1) is 5.92 Å². The number of benzene rings is 1. The summed E-state index contributed by atoms with van der Waals surface area (Å²) in [4.78, 5) is 0. The van der Waals surface area contributed by atoms with Gasteiger partial charge in [0.15, 0.2) is 0 Å². The summed E-state index contributed by atoms with van der Waals surface area (Å²) < 4.78 is 0. The molecule has 2 rings (SSSR count). The second kappa shape index (κ2) is 5.86. The van der Waals surface area contributed by atoms with Gasteiger partial charge in [0, 0.05) is 6.54 Å². The number of nitrogens with one attached hydrogen (secondary N) is 1. The third-order valence-corrected chi connectivity index (χ3v) is 3.43. The van der Waals surface area contributed by atoms with Gasteiger partial charge in [0.2, 0.25) is 0 Å². The maximum Gasteiger partial charge on any atom is 0.0205 e. The molecule has 1 aliphatic rings. The van der Waals surface area contributed by atoms with Crippen molar-refractivity contribution in [1.29, 1.82) is 0 Å². The van der Waals surface area contributed by atoms with Crippen molar-refractivity contribution in [1.82, 2.24) is 5.32 Å². The molecular formula is C15H21N. The minimum absolute atomic E-state index is 0.906. The highest BCUT2D eigenvalue weighted by Gasteiger charge is 2.13. The van der Waals surface area contributed by atoms with E-state index in [1.54, 1.807) is 0 Å². The highest BCUT2D eigenvalue weighted by molar-refractivity contribution is 5.64. The van der Waals surface area contributed by atoms with E-state index in [1.165, 1.54) is 36.8 Å². The summed E-state index contributed by atoms with van der Waals surface area (Å²) in [6, 6.07) is 10.4.